The molecule has 1 amide bonds. The lowest BCUT2D eigenvalue weighted by molar-refractivity contribution is 0.0292. The quantitative estimate of drug-likeness (QED) is 0.525. The monoisotopic (exact) mass is 502 g/mol. The fourth-order valence-corrected chi connectivity index (χ4v) is 6.80. The van der Waals surface area contributed by atoms with Gasteiger partial charge in [0.25, 0.3) is 0 Å². The van der Waals surface area contributed by atoms with Crippen LogP contribution in [0.2, 0.25) is 0 Å². The molecule has 1 aromatic carbocycles. The van der Waals surface area contributed by atoms with Crippen LogP contribution in [0.5, 0.6) is 0 Å². The zero-order chi connectivity index (χ0) is 25.2. The topological polar surface area (TPSA) is 89.7 Å². The van der Waals surface area contributed by atoms with Crippen LogP contribution in [0.4, 0.5) is 10.5 Å². The number of aliphatic hydroxyl groups excluding tert-OH is 1. The fraction of sp³-hybridized carbons (Fsp3) is 0.464. The molecule has 36 heavy (non-hydrogen) atoms. The highest BCUT2D eigenvalue weighted by atomic mass is 32.1. The molecule has 2 aromatic heterocycles. The van der Waals surface area contributed by atoms with Gasteiger partial charge in [0.2, 0.25) is 0 Å². The average Bonchev–Trinajstić information content (AvgIpc) is 3.26. The number of aromatic nitrogens is 1. The Balaban J connectivity index is 1.43. The number of aliphatic hydroxyl groups is 1. The minimum absolute atomic E-state index is 0.0186. The van der Waals surface area contributed by atoms with Gasteiger partial charge in [-0.15, -0.1) is 11.3 Å². The molecule has 1 unspecified atom stereocenters. The summed E-state index contributed by atoms with van der Waals surface area (Å²) in [5.74, 6) is 1.08. The van der Waals surface area contributed by atoms with Gasteiger partial charge in [-0.05, 0) is 75.3 Å². The highest BCUT2D eigenvalue weighted by molar-refractivity contribution is 7.19. The van der Waals surface area contributed by atoms with Gasteiger partial charge in [-0.3, -0.25) is 4.98 Å². The van der Waals surface area contributed by atoms with E-state index in [4.69, 9.17) is 4.74 Å². The number of hydrogen-bond donors (Lipinski definition) is 1. The molecule has 0 radical (unpaired) electrons. The van der Waals surface area contributed by atoms with E-state index in [1.54, 1.807) is 11.3 Å². The van der Waals surface area contributed by atoms with Crippen LogP contribution in [0.15, 0.2) is 30.5 Å². The van der Waals surface area contributed by atoms with Crippen LogP contribution in [0, 0.1) is 17.2 Å². The summed E-state index contributed by atoms with van der Waals surface area (Å²) >= 11 is 1.55. The number of nitriles is 1. The number of rotatable bonds is 3. The number of carbonyl (C=O) groups excluding carboxylic acids is 1. The predicted octanol–water partition coefficient (Wildman–Crippen LogP) is 5.26. The molecule has 3 aliphatic rings. The number of amides is 1. The third-order valence-corrected chi connectivity index (χ3v) is 8.62. The Morgan fingerprint density at radius 3 is 2.86 bits per heavy atom. The molecule has 1 N–H and O–H groups in total. The standard InChI is InChI=1S/C28H30N4O3S/c1-28(2,3)35-27(34)31-7-5-18(14-31)32-13-17-10-21(17)23-9-16(12-29)8-22(25(23)32)20-4-6-30-24-11-19(15-33)36-26(20)24/h4,6,8-9,11,17-18,21,33H,5,7,10,13-15H2,1-3H3/t17-,18?,21-/m0/s1. The zero-order valence-electron chi connectivity index (χ0n) is 20.8. The van der Waals surface area contributed by atoms with E-state index in [0.717, 1.165) is 45.6 Å². The van der Waals surface area contributed by atoms with Crippen molar-refractivity contribution < 1.29 is 14.6 Å². The molecular formula is C28H30N4O3S. The number of pyridine rings is 1. The van der Waals surface area contributed by atoms with Gasteiger partial charge in [0.15, 0.2) is 0 Å². The molecule has 6 rings (SSSR count). The molecule has 0 bridgehead atoms. The number of fused-ring (bicyclic) bond motifs is 4. The van der Waals surface area contributed by atoms with Crippen molar-refractivity contribution >= 4 is 33.3 Å². The number of nitrogens with zero attached hydrogens (tertiary/aromatic N) is 4. The maximum Gasteiger partial charge on any atom is 0.410 e. The molecule has 2 fully saturated rings. The second kappa shape index (κ2) is 8.46. The predicted molar refractivity (Wildman–Crippen MR) is 140 cm³/mol. The Bertz CT molecular complexity index is 1400. The molecule has 1 aliphatic carbocycles. The maximum atomic E-state index is 12.8. The molecule has 3 aromatic rings. The van der Waals surface area contributed by atoms with Crippen LogP contribution in [0.3, 0.4) is 0 Å². The third kappa shape index (κ3) is 4.00. The molecule has 1 saturated heterocycles. The van der Waals surface area contributed by atoms with Crippen molar-refractivity contribution in [2.24, 2.45) is 5.92 Å². The van der Waals surface area contributed by atoms with Crippen molar-refractivity contribution in [1.82, 2.24) is 9.88 Å². The number of ether oxygens (including phenoxy) is 1. The molecular weight excluding hydrogens is 472 g/mol. The van der Waals surface area contributed by atoms with Crippen molar-refractivity contribution in [2.45, 2.75) is 57.8 Å². The van der Waals surface area contributed by atoms with E-state index in [1.165, 1.54) is 11.3 Å². The van der Waals surface area contributed by atoms with Gasteiger partial charge >= 0.3 is 6.09 Å². The summed E-state index contributed by atoms with van der Waals surface area (Å²) in [5.41, 5.74) is 5.54. The molecule has 0 spiro atoms. The molecule has 186 valence electrons. The number of carbonyl (C=O) groups is 1. The van der Waals surface area contributed by atoms with E-state index in [2.05, 4.69) is 22.0 Å². The van der Waals surface area contributed by atoms with E-state index in [9.17, 15) is 15.2 Å². The van der Waals surface area contributed by atoms with Crippen LogP contribution in [-0.4, -0.2) is 52.4 Å². The Hall–Kier alpha value is -3.15. The minimum Gasteiger partial charge on any atom is -0.444 e. The summed E-state index contributed by atoms with van der Waals surface area (Å²) in [6.45, 7) is 7.94. The van der Waals surface area contributed by atoms with Gasteiger partial charge in [-0.25, -0.2) is 4.79 Å². The Labute approximate surface area is 214 Å². The van der Waals surface area contributed by atoms with Crippen LogP contribution in [0.1, 0.15) is 55.5 Å². The average molecular weight is 503 g/mol. The highest BCUT2D eigenvalue weighted by Crippen LogP contribution is 2.58. The van der Waals surface area contributed by atoms with Crippen LogP contribution >= 0.6 is 11.3 Å². The summed E-state index contributed by atoms with van der Waals surface area (Å²) in [5, 5.41) is 19.6. The van der Waals surface area contributed by atoms with Gasteiger partial charge in [0.1, 0.15) is 5.60 Å². The molecule has 4 heterocycles. The third-order valence-electron chi connectivity index (χ3n) is 7.47. The fourth-order valence-electron chi connectivity index (χ4n) is 5.80. The summed E-state index contributed by atoms with van der Waals surface area (Å²) in [6.07, 6.45) is 3.58. The molecule has 8 heteroatoms. The summed E-state index contributed by atoms with van der Waals surface area (Å²) in [7, 11) is 0. The summed E-state index contributed by atoms with van der Waals surface area (Å²) in [6, 6.07) is 10.6. The summed E-state index contributed by atoms with van der Waals surface area (Å²) in [4.78, 5) is 22.5. The van der Waals surface area contributed by atoms with Crippen LogP contribution in [0.25, 0.3) is 21.3 Å². The smallest absolute Gasteiger partial charge is 0.410 e. The van der Waals surface area contributed by atoms with Crippen molar-refractivity contribution in [3.63, 3.8) is 0 Å². The lowest BCUT2D eigenvalue weighted by Crippen LogP contribution is -2.43. The van der Waals surface area contributed by atoms with E-state index in [0.29, 0.717) is 30.5 Å². The largest absolute Gasteiger partial charge is 0.444 e. The van der Waals surface area contributed by atoms with Crippen molar-refractivity contribution in [3.05, 3.63) is 46.5 Å². The lowest BCUT2D eigenvalue weighted by Gasteiger charge is -2.38. The number of anilines is 1. The van der Waals surface area contributed by atoms with Gasteiger partial charge in [-0.2, -0.15) is 5.26 Å². The first-order chi connectivity index (χ1) is 17.3. The Morgan fingerprint density at radius 1 is 1.28 bits per heavy atom. The van der Waals surface area contributed by atoms with E-state index in [1.807, 2.05) is 50.1 Å². The first-order valence-corrected chi connectivity index (χ1v) is 13.4. The molecule has 1 saturated carbocycles. The van der Waals surface area contributed by atoms with Gasteiger partial charge in [0, 0.05) is 53.6 Å². The number of benzene rings is 1. The normalized spacial score (nSPS) is 22.8. The molecule has 7 nitrogen and oxygen atoms in total. The van der Waals surface area contributed by atoms with Crippen LogP contribution in [-0.2, 0) is 11.3 Å². The molecule has 2 aliphatic heterocycles. The first-order valence-electron chi connectivity index (χ1n) is 12.6. The van der Waals surface area contributed by atoms with Gasteiger partial charge in [0.05, 0.1) is 28.5 Å². The van der Waals surface area contributed by atoms with Crippen LogP contribution < -0.4 is 4.90 Å². The number of thiophene rings is 1. The van der Waals surface area contributed by atoms with E-state index < -0.39 is 5.60 Å². The highest BCUT2D eigenvalue weighted by Gasteiger charge is 2.48. The van der Waals surface area contributed by atoms with Crippen molar-refractivity contribution in [2.75, 3.05) is 24.5 Å². The SMILES string of the molecule is CC(C)(C)OC(=O)N1CCC(N2C[C@@H]3C[C@@H]3c3cc(C#N)cc(-c4ccnc5cc(CO)sc45)c32)C1. The van der Waals surface area contributed by atoms with E-state index >= 15 is 0 Å². The second-order valence-corrected chi connectivity index (χ2v) is 12.3. The second-order valence-electron chi connectivity index (χ2n) is 11.1. The van der Waals surface area contributed by atoms with Crippen molar-refractivity contribution in [3.8, 4) is 17.2 Å². The Kier molecular flexibility index (Phi) is 5.47. The summed E-state index contributed by atoms with van der Waals surface area (Å²) < 4.78 is 6.67. The zero-order valence-corrected chi connectivity index (χ0v) is 21.6. The lowest BCUT2D eigenvalue weighted by atomic mass is 9.90. The number of hydrogen-bond acceptors (Lipinski definition) is 7. The van der Waals surface area contributed by atoms with E-state index in [-0.39, 0.29) is 18.7 Å². The van der Waals surface area contributed by atoms with Gasteiger partial charge in [-0.1, -0.05) is 0 Å². The maximum absolute atomic E-state index is 12.8. The van der Waals surface area contributed by atoms with Crippen molar-refractivity contribution in [1.29, 1.82) is 5.26 Å². The number of likely N-dealkylation sites (tertiary alicyclic amines) is 1. The first kappa shape index (κ1) is 23.3. The van der Waals surface area contributed by atoms with Gasteiger partial charge < -0.3 is 19.6 Å². The minimum atomic E-state index is -0.518. The Morgan fingerprint density at radius 2 is 2.11 bits per heavy atom. The molecule has 3 atom stereocenters.